The third-order valence-electron chi connectivity index (χ3n) is 6.57. The van der Waals surface area contributed by atoms with Gasteiger partial charge in [-0.2, -0.15) is 0 Å². The molecule has 0 bridgehead atoms. The Kier molecular flexibility index (Phi) is 4.74. The monoisotopic (exact) mass is 430 g/mol. The Morgan fingerprint density at radius 3 is 2.45 bits per heavy atom. The minimum Gasteiger partial charge on any atom is -0.279 e. The van der Waals surface area contributed by atoms with Crippen LogP contribution in [0, 0.1) is 27.7 Å². The average Bonchev–Trinajstić information content (AvgIpc) is 3.31. The summed E-state index contributed by atoms with van der Waals surface area (Å²) in [5.41, 5.74) is 7.00. The Balaban J connectivity index is 1.84. The van der Waals surface area contributed by atoms with Gasteiger partial charge in [-0.25, -0.2) is 9.36 Å². The van der Waals surface area contributed by atoms with Gasteiger partial charge < -0.3 is 0 Å². The van der Waals surface area contributed by atoms with Crippen LogP contribution in [-0.4, -0.2) is 9.13 Å². The first-order valence-electron chi connectivity index (χ1n) is 10.8. The Labute approximate surface area is 185 Å². The molecule has 0 amide bonds. The van der Waals surface area contributed by atoms with Gasteiger partial charge in [-0.05, 0) is 86.9 Å². The second kappa shape index (κ2) is 7.34. The van der Waals surface area contributed by atoms with Crippen molar-refractivity contribution in [3.05, 3.63) is 95.5 Å². The largest absolute Gasteiger partial charge is 0.337 e. The van der Waals surface area contributed by atoms with Crippen molar-refractivity contribution in [3.8, 4) is 5.69 Å². The number of thiophene rings is 1. The van der Waals surface area contributed by atoms with Crippen LogP contribution in [0.25, 0.3) is 15.9 Å². The van der Waals surface area contributed by atoms with Gasteiger partial charge >= 0.3 is 5.69 Å². The van der Waals surface area contributed by atoms with E-state index in [1.54, 1.807) is 11.3 Å². The molecular weight excluding hydrogens is 404 g/mol. The van der Waals surface area contributed by atoms with E-state index in [0.717, 1.165) is 57.3 Å². The molecule has 0 atom stereocenters. The van der Waals surface area contributed by atoms with Crippen LogP contribution < -0.4 is 11.2 Å². The fraction of sp³-hybridized carbons (Fsp3) is 0.308. The number of hydrogen-bond acceptors (Lipinski definition) is 3. The van der Waals surface area contributed by atoms with Crippen LogP contribution in [0.1, 0.15) is 44.7 Å². The molecule has 0 saturated carbocycles. The lowest BCUT2D eigenvalue weighted by Crippen LogP contribution is -2.39. The number of fused-ring (bicyclic) bond motifs is 3. The molecule has 0 N–H and O–H groups in total. The maximum atomic E-state index is 13.8. The maximum absolute atomic E-state index is 13.8. The van der Waals surface area contributed by atoms with Crippen molar-refractivity contribution in [2.24, 2.45) is 0 Å². The van der Waals surface area contributed by atoms with Gasteiger partial charge in [0.2, 0.25) is 0 Å². The molecule has 158 valence electrons. The molecule has 2 aromatic carbocycles. The third-order valence-corrected chi connectivity index (χ3v) is 7.88. The highest BCUT2D eigenvalue weighted by atomic mass is 32.1. The van der Waals surface area contributed by atoms with E-state index in [-0.39, 0.29) is 11.2 Å². The zero-order valence-electron chi connectivity index (χ0n) is 18.4. The molecule has 0 fully saturated rings. The highest BCUT2D eigenvalue weighted by Crippen LogP contribution is 2.35. The first-order valence-corrected chi connectivity index (χ1v) is 11.6. The molecule has 2 heterocycles. The van der Waals surface area contributed by atoms with Gasteiger partial charge in [0.15, 0.2) is 0 Å². The van der Waals surface area contributed by atoms with Gasteiger partial charge in [0.05, 0.1) is 17.6 Å². The zero-order chi connectivity index (χ0) is 21.9. The summed E-state index contributed by atoms with van der Waals surface area (Å²) in [6.07, 6.45) is 2.99. The highest BCUT2D eigenvalue weighted by molar-refractivity contribution is 7.18. The molecule has 0 spiro atoms. The summed E-state index contributed by atoms with van der Waals surface area (Å²) >= 11 is 1.63. The quantitative estimate of drug-likeness (QED) is 0.460. The van der Waals surface area contributed by atoms with E-state index in [9.17, 15) is 9.59 Å². The van der Waals surface area contributed by atoms with Crippen LogP contribution in [0.4, 0.5) is 0 Å². The highest BCUT2D eigenvalue weighted by Gasteiger charge is 2.25. The van der Waals surface area contributed by atoms with Gasteiger partial charge in [-0.3, -0.25) is 9.36 Å². The van der Waals surface area contributed by atoms with Gasteiger partial charge in [0.1, 0.15) is 4.83 Å². The number of aryl methyl sites for hydroxylation is 6. The maximum Gasteiger partial charge on any atom is 0.337 e. The molecule has 1 aliphatic rings. The molecule has 4 aromatic rings. The molecule has 1 aliphatic carbocycles. The van der Waals surface area contributed by atoms with E-state index >= 15 is 0 Å². The fourth-order valence-electron chi connectivity index (χ4n) is 4.58. The molecule has 0 radical (unpaired) electrons. The second-order valence-corrected chi connectivity index (χ2v) is 9.83. The first kappa shape index (κ1) is 20.0. The van der Waals surface area contributed by atoms with Crippen LogP contribution in [0.2, 0.25) is 0 Å². The minimum absolute atomic E-state index is 0.181. The van der Waals surface area contributed by atoms with Crippen molar-refractivity contribution in [2.45, 2.75) is 53.5 Å². The van der Waals surface area contributed by atoms with Crippen molar-refractivity contribution in [1.29, 1.82) is 0 Å². The van der Waals surface area contributed by atoms with E-state index in [0.29, 0.717) is 12.2 Å². The third kappa shape index (κ3) is 3.19. The van der Waals surface area contributed by atoms with Gasteiger partial charge in [-0.1, -0.05) is 29.8 Å². The van der Waals surface area contributed by atoms with Gasteiger partial charge in [-0.15, -0.1) is 11.3 Å². The Morgan fingerprint density at radius 2 is 1.68 bits per heavy atom. The van der Waals surface area contributed by atoms with Crippen LogP contribution in [0.5, 0.6) is 0 Å². The number of aromatic nitrogens is 2. The summed E-state index contributed by atoms with van der Waals surface area (Å²) in [6, 6.07) is 12.1. The molecule has 0 saturated heterocycles. The van der Waals surface area contributed by atoms with Crippen LogP contribution in [-0.2, 0) is 19.4 Å². The topological polar surface area (TPSA) is 44.0 Å². The predicted octanol–water partition coefficient (Wildman–Crippen LogP) is 4.98. The summed E-state index contributed by atoms with van der Waals surface area (Å²) in [4.78, 5) is 29.5. The molecule has 4 nitrogen and oxygen atoms in total. The predicted molar refractivity (Wildman–Crippen MR) is 128 cm³/mol. The second-order valence-electron chi connectivity index (χ2n) is 8.75. The van der Waals surface area contributed by atoms with E-state index in [4.69, 9.17) is 0 Å². The smallest absolute Gasteiger partial charge is 0.279 e. The number of rotatable bonds is 3. The van der Waals surface area contributed by atoms with E-state index in [1.807, 2.05) is 36.6 Å². The normalized spacial score (nSPS) is 13.2. The molecule has 5 rings (SSSR count). The van der Waals surface area contributed by atoms with Gasteiger partial charge in [0, 0.05) is 4.88 Å². The van der Waals surface area contributed by atoms with Crippen LogP contribution in [0.3, 0.4) is 0 Å². The van der Waals surface area contributed by atoms with E-state index < -0.39 is 0 Å². The summed E-state index contributed by atoms with van der Waals surface area (Å²) in [5.74, 6) is 0. The lowest BCUT2D eigenvalue weighted by molar-refractivity contribution is 0.715. The molecular formula is C26H26N2O2S. The SMILES string of the molecule is Cc1ccc(C)c(Cn2c(=O)n(-c3ccc(C)c(C)c3)c(=O)c3c4c(sc32)CCC4)c1. The molecule has 5 heteroatoms. The van der Waals surface area contributed by atoms with Crippen molar-refractivity contribution in [3.63, 3.8) is 0 Å². The first-order chi connectivity index (χ1) is 14.8. The van der Waals surface area contributed by atoms with Gasteiger partial charge in [0.25, 0.3) is 5.56 Å². The van der Waals surface area contributed by atoms with Crippen LogP contribution in [0.15, 0.2) is 46.0 Å². The molecule has 0 aliphatic heterocycles. The standard InChI is InChI=1S/C26H26N2O2S/c1-15-8-9-17(3)19(12-15)14-27-25-23(21-6-5-7-22(21)31-25)24(29)28(26(27)30)20-11-10-16(2)18(4)13-20/h8-13H,5-7,14H2,1-4H3. The van der Waals surface area contributed by atoms with Crippen molar-refractivity contribution >= 4 is 21.6 Å². The average molecular weight is 431 g/mol. The van der Waals surface area contributed by atoms with E-state index in [2.05, 4.69) is 32.0 Å². The lowest BCUT2D eigenvalue weighted by atomic mass is 10.1. The number of hydrogen-bond donors (Lipinski definition) is 0. The Morgan fingerprint density at radius 1 is 0.903 bits per heavy atom. The fourth-order valence-corrected chi connectivity index (χ4v) is 5.95. The van der Waals surface area contributed by atoms with E-state index in [1.165, 1.54) is 15.0 Å². The Bertz CT molecular complexity index is 1470. The number of nitrogens with zero attached hydrogens (tertiary/aromatic N) is 2. The lowest BCUT2D eigenvalue weighted by Gasteiger charge is -2.15. The zero-order valence-corrected chi connectivity index (χ0v) is 19.2. The molecule has 31 heavy (non-hydrogen) atoms. The number of benzene rings is 2. The van der Waals surface area contributed by atoms with Crippen molar-refractivity contribution < 1.29 is 0 Å². The Hall–Kier alpha value is -2.92. The molecule has 0 unspecified atom stereocenters. The summed E-state index contributed by atoms with van der Waals surface area (Å²) in [7, 11) is 0. The summed E-state index contributed by atoms with van der Waals surface area (Å²) < 4.78 is 3.20. The van der Waals surface area contributed by atoms with Crippen molar-refractivity contribution in [1.82, 2.24) is 9.13 Å². The minimum atomic E-state index is -0.262. The van der Waals surface area contributed by atoms with Crippen molar-refractivity contribution in [2.75, 3.05) is 0 Å². The molecule has 2 aromatic heterocycles. The summed E-state index contributed by atoms with van der Waals surface area (Å²) in [5, 5.41) is 0.737. The van der Waals surface area contributed by atoms with Crippen LogP contribution >= 0.6 is 11.3 Å². The summed E-state index contributed by atoms with van der Waals surface area (Å²) in [6.45, 7) is 8.66.